The van der Waals surface area contributed by atoms with Crippen molar-refractivity contribution in [1.29, 1.82) is 0 Å². The Labute approximate surface area is 210 Å². The van der Waals surface area contributed by atoms with Gasteiger partial charge in [0.05, 0.1) is 6.61 Å². The molecule has 0 spiro atoms. The van der Waals surface area contributed by atoms with Crippen LogP contribution in [0, 0.1) is 25.7 Å². The van der Waals surface area contributed by atoms with Gasteiger partial charge in [0, 0.05) is 17.4 Å². The van der Waals surface area contributed by atoms with Gasteiger partial charge in [-0.1, -0.05) is 50.0 Å². The zero-order valence-electron chi connectivity index (χ0n) is 21.7. The van der Waals surface area contributed by atoms with Crippen LogP contribution in [0.4, 0.5) is 0 Å². The predicted octanol–water partition coefficient (Wildman–Crippen LogP) is 6.70. The van der Waals surface area contributed by atoms with E-state index >= 15 is 0 Å². The Morgan fingerprint density at radius 1 is 1.00 bits per heavy atom. The van der Waals surface area contributed by atoms with E-state index in [0.29, 0.717) is 13.0 Å². The lowest BCUT2D eigenvalue weighted by Gasteiger charge is -2.34. The third-order valence-corrected chi connectivity index (χ3v) is 7.62. The van der Waals surface area contributed by atoms with E-state index in [9.17, 15) is 9.90 Å². The van der Waals surface area contributed by atoms with Gasteiger partial charge in [-0.2, -0.15) is 0 Å². The molecule has 35 heavy (non-hydrogen) atoms. The summed E-state index contributed by atoms with van der Waals surface area (Å²) in [5.41, 5.74) is 4.94. The fourth-order valence-electron chi connectivity index (χ4n) is 5.00. The number of hydrogen-bond acceptors (Lipinski definition) is 3. The minimum Gasteiger partial charge on any atom is -0.493 e. The number of ether oxygens (including phenoxy) is 1. The van der Waals surface area contributed by atoms with Crippen molar-refractivity contribution in [1.82, 2.24) is 0 Å². The molecule has 188 valence electrons. The normalized spacial score (nSPS) is 14.5. The van der Waals surface area contributed by atoms with Crippen LogP contribution in [0.15, 0.2) is 36.4 Å². The summed E-state index contributed by atoms with van der Waals surface area (Å²) in [4.78, 5) is 10.6. The lowest BCUT2D eigenvalue weighted by atomic mass is 9.70. The summed E-state index contributed by atoms with van der Waals surface area (Å²) in [6.07, 6.45) is 7.19. The van der Waals surface area contributed by atoms with Gasteiger partial charge >= 0.3 is 5.97 Å². The van der Waals surface area contributed by atoms with E-state index in [1.165, 1.54) is 11.1 Å². The Bertz CT molecular complexity index is 1080. The van der Waals surface area contributed by atoms with Gasteiger partial charge in [0.25, 0.3) is 0 Å². The summed E-state index contributed by atoms with van der Waals surface area (Å²) in [5.74, 6) is 6.46. The molecular formula is C31H40O4. The van der Waals surface area contributed by atoms with Gasteiger partial charge in [-0.3, -0.25) is 4.79 Å². The Hall–Kier alpha value is -2.77. The number of hydrogen-bond donors (Lipinski definition) is 2. The Morgan fingerprint density at radius 3 is 2.20 bits per heavy atom. The largest absolute Gasteiger partial charge is 0.493 e. The lowest BCUT2D eigenvalue weighted by Crippen LogP contribution is -2.34. The van der Waals surface area contributed by atoms with E-state index in [0.717, 1.165) is 67.4 Å². The van der Waals surface area contributed by atoms with Crippen molar-refractivity contribution in [2.45, 2.75) is 96.5 Å². The number of benzene rings is 2. The van der Waals surface area contributed by atoms with Crippen molar-refractivity contribution in [2.24, 2.45) is 0 Å². The van der Waals surface area contributed by atoms with Crippen LogP contribution in [0.1, 0.15) is 99.5 Å². The molecule has 0 saturated heterocycles. The molecule has 1 fully saturated rings. The first-order chi connectivity index (χ1) is 16.7. The number of carboxylic acid groups (broad SMARTS) is 1. The lowest BCUT2D eigenvalue weighted by molar-refractivity contribution is -0.137. The summed E-state index contributed by atoms with van der Waals surface area (Å²) in [5, 5.41) is 19.1. The highest BCUT2D eigenvalue weighted by molar-refractivity contribution is 5.66. The monoisotopic (exact) mass is 476 g/mol. The zero-order valence-corrected chi connectivity index (χ0v) is 21.7. The van der Waals surface area contributed by atoms with Crippen molar-refractivity contribution in [3.63, 3.8) is 0 Å². The average Bonchev–Trinajstić information content (AvgIpc) is 2.81. The molecule has 4 heteroatoms. The van der Waals surface area contributed by atoms with E-state index in [1.54, 1.807) is 0 Å². The van der Waals surface area contributed by atoms with Crippen LogP contribution >= 0.6 is 0 Å². The maximum Gasteiger partial charge on any atom is 0.303 e. The minimum atomic E-state index is -0.790. The molecule has 1 aliphatic rings. The van der Waals surface area contributed by atoms with Gasteiger partial charge < -0.3 is 14.9 Å². The molecule has 2 aromatic carbocycles. The first-order valence-electron chi connectivity index (χ1n) is 13.1. The number of aliphatic hydroxyl groups is 1. The number of rotatable bonds is 11. The van der Waals surface area contributed by atoms with Gasteiger partial charge in [0.15, 0.2) is 0 Å². The summed E-state index contributed by atoms with van der Waals surface area (Å²) >= 11 is 0. The van der Waals surface area contributed by atoms with E-state index in [-0.39, 0.29) is 11.8 Å². The third-order valence-electron chi connectivity index (χ3n) is 7.62. The summed E-state index contributed by atoms with van der Waals surface area (Å²) in [6, 6.07) is 13.1. The zero-order chi connectivity index (χ0) is 25.5. The van der Waals surface area contributed by atoms with Gasteiger partial charge in [0.2, 0.25) is 0 Å². The summed E-state index contributed by atoms with van der Waals surface area (Å²) in [7, 11) is 0. The first kappa shape index (κ1) is 26.8. The molecular weight excluding hydrogens is 436 g/mol. The molecule has 3 rings (SSSR count). The van der Waals surface area contributed by atoms with Crippen molar-refractivity contribution in [3.05, 3.63) is 64.2 Å². The third kappa shape index (κ3) is 6.47. The highest BCUT2D eigenvalue weighted by Gasteiger charge is 2.33. The second kappa shape index (κ2) is 11.8. The van der Waals surface area contributed by atoms with Crippen molar-refractivity contribution in [2.75, 3.05) is 6.61 Å². The van der Waals surface area contributed by atoms with E-state index in [4.69, 9.17) is 9.84 Å². The summed E-state index contributed by atoms with van der Waals surface area (Å²) in [6.45, 7) is 9.29. The molecule has 1 saturated carbocycles. The average molecular weight is 477 g/mol. The van der Waals surface area contributed by atoms with Crippen molar-refractivity contribution < 1.29 is 19.7 Å². The van der Waals surface area contributed by atoms with Crippen LogP contribution in [0.3, 0.4) is 0 Å². The van der Waals surface area contributed by atoms with Gasteiger partial charge in [-0.05, 0) is 99.6 Å². The smallest absolute Gasteiger partial charge is 0.303 e. The first-order valence-corrected chi connectivity index (χ1v) is 13.1. The highest BCUT2D eigenvalue weighted by atomic mass is 16.5. The molecule has 0 aliphatic heterocycles. The second-order valence-electron chi connectivity index (χ2n) is 9.99. The summed E-state index contributed by atoms with van der Waals surface area (Å²) < 4.78 is 6.00. The van der Waals surface area contributed by atoms with Gasteiger partial charge in [-0.25, -0.2) is 0 Å². The Kier molecular flexibility index (Phi) is 9.03. The van der Waals surface area contributed by atoms with Gasteiger partial charge in [-0.15, -0.1) is 0 Å². The van der Waals surface area contributed by atoms with Gasteiger partial charge in [0.1, 0.15) is 11.4 Å². The van der Waals surface area contributed by atoms with Crippen LogP contribution in [0.5, 0.6) is 5.75 Å². The standard InChI is InChI=1S/C31H40O4/c1-5-31(6-2,26-13-12-25(23(3)21-26)16-19-30(34)17-10-18-30)27-14-15-28(24(4)22-27)35-20-9-7-8-11-29(32)33/h12-15,21-22,34H,5-11,17-18,20H2,1-4H3,(H,32,33). The predicted molar refractivity (Wildman–Crippen MR) is 141 cm³/mol. The Morgan fingerprint density at radius 2 is 1.66 bits per heavy atom. The molecule has 2 N–H and O–H groups in total. The quantitative estimate of drug-likeness (QED) is 0.280. The van der Waals surface area contributed by atoms with E-state index in [2.05, 4.69) is 75.9 Å². The fourth-order valence-corrected chi connectivity index (χ4v) is 5.00. The van der Waals surface area contributed by atoms with Crippen molar-refractivity contribution >= 4 is 5.97 Å². The molecule has 1 aliphatic carbocycles. The van der Waals surface area contributed by atoms with Crippen LogP contribution in [0.25, 0.3) is 0 Å². The number of unbranched alkanes of at least 4 members (excludes halogenated alkanes) is 2. The van der Waals surface area contributed by atoms with Crippen LogP contribution < -0.4 is 4.74 Å². The molecule has 0 aromatic heterocycles. The number of aryl methyl sites for hydroxylation is 2. The maximum atomic E-state index is 10.6. The van der Waals surface area contributed by atoms with Crippen LogP contribution in [0.2, 0.25) is 0 Å². The molecule has 0 amide bonds. The van der Waals surface area contributed by atoms with Crippen LogP contribution in [-0.2, 0) is 10.2 Å². The molecule has 0 unspecified atom stereocenters. The fraction of sp³-hybridized carbons (Fsp3) is 0.516. The molecule has 0 radical (unpaired) electrons. The van der Waals surface area contributed by atoms with Crippen molar-refractivity contribution in [3.8, 4) is 17.6 Å². The van der Waals surface area contributed by atoms with E-state index in [1.807, 2.05) is 0 Å². The molecule has 0 bridgehead atoms. The number of aliphatic carboxylic acids is 1. The maximum absolute atomic E-state index is 10.6. The molecule has 4 nitrogen and oxygen atoms in total. The van der Waals surface area contributed by atoms with Crippen LogP contribution in [-0.4, -0.2) is 28.4 Å². The molecule has 0 atom stereocenters. The SMILES string of the molecule is CCC(CC)(c1ccc(C#CC2(O)CCC2)c(C)c1)c1ccc(OCCCCCC(=O)O)c(C)c1. The number of carboxylic acids is 1. The highest BCUT2D eigenvalue weighted by Crippen LogP contribution is 2.41. The number of carbonyl (C=O) groups is 1. The topological polar surface area (TPSA) is 66.8 Å². The second-order valence-corrected chi connectivity index (χ2v) is 9.99. The van der Waals surface area contributed by atoms with E-state index < -0.39 is 11.6 Å². The Balaban J connectivity index is 1.76. The molecule has 0 heterocycles. The molecule has 2 aromatic rings. The minimum absolute atomic E-state index is 0.0942.